The molecule has 0 unspecified atom stereocenters. The summed E-state index contributed by atoms with van der Waals surface area (Å²) in [5.74, 6) is -1.02. The van der Waals surface area contributed by atoms with Gasteiger partial charge in [0.05, 0.1) is 5.56 Å². The number of benzene rings is 3. The number of Topliss-reactive ketones (excluding diaryl/α,β-unsaturated/α-hetero) is 1. The van der Waals surface area contributed by atoms with Gasteiger partial charge in [-0.15, -0.1) is 0 Å². The minimum Gasteiger partial charge on any atom is -0.508 e. The Morgan fingerprint density at radius 3 is 2.00 bits per heavy atom. The maximum absolute atomic E-state index is 12.9. The van der Waals surface area contributed by atoms with Crippen LogP contribution in [0.2, 0.25) is 0 Å². The van der Waals surface area contributed by atoms with Crippen LogP contribution < -0.4 is 0 Å². The van der Waals surface area contributed by atoms with E-state index < -0.39 is 12.1 Å². The van der Waals surface area contributed by atoms with Crippen molar-refractivity contribution in [3.8, 4) is 5.75 Å². The van der Waals surface area contributed by atoms with E-state index in [1.807, 2.05) is 12.1 Å². The first-order valence-corrected chi connectivity index (χ1v) is 7.79. The summed E-state index contributed by atoms with van der Waals surface area (Å²) in [7, 11) is 0. The molecular formula is C21H16O4. The van der Waals surface area contributed by atoms with Crippen LogP contribution in [0.25, 0.3) is 0 Å². The maximum Gasteiger partial charge on any atom is 0.339 e. The van der Waals surface area contributed by atoms with Crippen LogP contribution >= 0.6 is 0 Å². The van der Waals surface area contributed by atoms with Crippen molar-refractivity contribution in [2.24, 2.45) is 0 Å². The molecule has 0 aromatic heterocycles. The first-order valence-electron chi connectivity index (χ1n) is 7.79. The minimum atomic E-state index is -1.06. The fourth-order valence-corrected chi connectivity index (χ4v) is 2.46. The summed E-state index contributed by atoms with van der Waals surface area (Å²) in [5, 5.41) is 9.53. The molecule has 3 rings (SSSR count). The van der Waals surface area contributed by atoms with Crippen molar-refractivity contribution in [1.82, 2.24) is 0 Å². The molecule has 4 nitrogen and oxygen atoms in total. The van der Waals surface area contributed by atoms with Crippen LogP contribution in [-0.4, -0.2) is 16.9 Å². The Labute approximate surface area is 145 Å². The zero-order valence-corrected chi connectivity index (χ0v) is 13.3. The number of esters is 1. The Morgan fingerprint density at radius 2 is 1.36 bits per heavy atom. The van der Waals surface area contributed by atoms with Crippen molar-refractivity contribution in [2.75, 3.05) is 0 Å². The number of hydrogen-bond acceptors (Lipinski definition) is 4. The lowest BCUT2D eigenvalue weighted by atomic mass is 10.00. The Bertz CT molecular complexity index is 873. The summed E-state index contributed by atoms with van der Waals surface area (Å²) >= 11 is 0. The summed E-state index contributed by atoms with van der Waals surface area (Å²) in [5.41, 5.74) is 1.23. The molecule has 1 atom stereocenters. The number of ketones is 1. The number of hydrogen-bond donors (Lipinski definition) is 1. The lowest BCUT2D eigenvalue weighted by Crippen LogP contribution is -2.20. The third kappa shape index (κ3) is 3.93. The quantitative estimate of drug-likeness (QED) is 0.562. The molecule has 0 bridgehead atoms. The fraction of sp³-hybridized carbons (Fsp3) is 0.0476. The molecule has 0 saturated heterocycles. The van der Waals surface area contributed by atoms with Crippen LogP contribution in [0.5, 0.6) is 5.75 Å². The van der Waals surface area contributed by atoms with Crippen LogP contribution in [0.15, 0.2) is 84.9 Å². The first-order chi connectivity index (χ1) is 12.1. The highest BCUT2D eigenvalue weighted by Gasteiger charge is 2.26. The van der Waals surface area contributed by atoms with E-state index in [2.05, 4.69) is 0 Å². The van der Waals surface area contributed by atoms with Gasteiger partial charge in [-0.1, -0.05) is 66.7 Å². The SMILES string of the molecule is O=C(O[C@H](C(=O)c1ccccc1)c1ccccc1)c1cccc(O)c1. The molecule has 3 aromatic rings. The van der Waals surface area contributed by atoms with E-state index >= 15 is 0 Å². The summed E-state index contributed by atoms with van der Waals surface area (Å²) in [6.45, 7) is 0. The summed E-state index contributed by atoms with van der Waals surface area (Å²) in [6.07, 6.45) is -1.06. The molecule has 0 amide bonds. The predicted molar refractivity (Wildman–Crippen MR) is 93.5 cm³/mol. The first kappa shape index (κ1) is 16.5. The van der Waals surface area contributed by atoms with E-state index in [-0.39, 0.29) is 17.1 Å². The maximum atomic E-state index is 12.9. The highest BCUT2D eigenvalue weighted by atomic mass is 16.5. The van der Waals surface area contributed by atoms with Crippen molar-refractivity contribution < 1.29 is 19.4 Å². The van der Waals surface area contributed by atoms with Crippen molar-refractivity contribution in [3.05, 3.63) is 102 Å². The number of phenolic OH excluding ortho intramolecular Hbond substituents is 1. The molecule has 0 fully saturated rings. The second kappa shape index (κ2) is 7.45. The number of carbonyl (C=O) groups is 2. The minimum absolute atomic E-state index is 0.0416. The van der Waals surface area contributed by atoms with Gasteiger partial charge in [0.15, 0.2) is 6.10 Å². The number of carbonyl (C=O) groups excluding carboxylic acids is 2. The van der Waals surface area contributed by atoms with Crippen molar-refractivity contribution in [1.29, 1.82) is 0 Å². The van der Waals surface area contributed by atoms with E-state index in [0.717, 1.165) is 0 Å². The normalized spacial score (nSPS) is 11.5. The van der Waals surface area contributed by atoms with Crippen molar-refractivity contribution >= 4 is 11.8 Å². The van der Waals surface area contributed by atoms with E-state index in [1.165, 1.54) is 18.2 Å². The van der Waals surface area contributed by atoms with Crippen LogP contribution in [0, 0.1) is 0 Å². The largest absolute Gasteiger partial charge is 0.508 e. The smallest absolute Gasteiger partial charge is 0.339 e. The second-order valence-corrected chi connectivity index (χ2v) is 5.48. The van der Waals surface area contributed by atoms with Gasteiger partial charge < -0.3 is 9.84 Å². The fourth-order valence-electron chi connectivity index (χ4n) is 2.46. The number of rotatable bonds is 5. The van der Waals surface area contributed by atoms with Gasteiger partial charge in [-0.3, -0.25) is 4.79 Å². The summed E-state index contributed by atoms with van der Waals surface area (Å²) in [6, 6.07) is 23.4. The molecule has 0 aliphatic heterocycles. The third-order valence-electron chi connectivity index (χ3n) is 3.71. The third-order valence-corrected chi connectivity index (χ3v) is 3.71. The molecule has 4 heteroatoms. The molecule has 0 spiro atoms. The molecule has 124 valence electrons. The molecule has 0 saturated carbocycles. The van der Waals surface area contributed by atoms with Gasteiger partial charge in [0.25, 0.3) is 0 Å². The Kier molecular flexibility index (Phi) is 4.90. The van der Waals surface area contributed by atoms with Crippen molar-refractivity contribution in [2.45, 2.75) is 6.10 Å². The van der Waals surface area contributed by atoms with E-state index in [1.54, 1.807) is 54.6 Å². The van der Waals surface area contributed by atoms with E-state index in [4.69, 9.17) is 4.74 Å². The Balaban J connectivity index is 1.92. The van der Waals surface area contributed by atoms with Crippen LogP contribution in [0.1, 0.15) is 32.4 Å². The van der Waals surface area contributed by atoms with Gasteiger partial charge >= 0.3 is 5.97 Å². The highest BCUT2D eigenvalue weighted by molar-refractivity contribution is 6.02. The van der Waals surface area contributed by atoms with Gasteiger partial charge in [0, 0.05) is 11.1 Å². The zero-order chi connectivity index (χ0) is 17.6. The van der Waals surface area contributed by atoms with Crippen LogP contribution in [0.3, 0.4) is 0 Å². The van der Waals surface area contributed by atoms with Gasteiger partial charge in [-0.05, 0) is 18.2 Å². The molecule has 0 aliphatic carbocycles. The number of ether oxygens (including phenoxy) is 1. The second-order valence-electron chi connectivity index (χ2n) is 5.48. The topological polar surface area (TPSA) is 63.6 Å². The zero-order valence-electron chi connectivity index (χ0n) is 13.3. The Hall–Kier alpha value is -3.40. The van der Waals surface area contributed by atoms with Gasteiger partial charge in [0.1, 0.15) is 5.75 Å². The van der Waals surface area contributed by atoms with Gasteiger partial charge in [-0.25, -0.2) is 4.79 Å². The molecule has 3 aromatic carbocycles. The lowest BCUT2D eigenvalue weighted by molar-refractivity contribution is 0.0279. The molecule has 0 heterocycles. The van der Waals surface area contributed by atoms with E-state index in [0.29, 0.717) is 11.1 Å². The highest BCUT2D eigenvalue weighted by Crippen LogP contribution is 2.24. The Morgan fingerprint density at radius 1 is 0.760 bits per heavy atom. The standard InChI is InChI=1S/C21H16O4/c22-18-13-7-12-17(14-18)21(24)25-20(16-10-5-2-6-11-16)19(23)15-8-3-1-4-9-15/h1-14,20,22H/t20-/m0/s1. The molecule has 25 heavy (non-hydrogen) atoms. The van der Waals surface area contributed by atoms with Crippen molar-refractivity contribution in [3.63, 3.8) is 0 Å². The lowest BCUT2D eigenvalue weighted by Gasteiger charge is -2.17. The molecule has 0 aliphatic rings. The van der Waals surface area contributed by atoms with Gasteiger partial charge in [0.2, 0.25) is 5.78 Å². The predicted octanol–water partition coefficient (Wildman–Crippen LogP) is 4.17. The van der Waals surface area contributed by atoms with E-state index in [9.17, 15) is 14.7 Å². The molecule has 1 N–H and O–H groups in total. The number of phenols is 1. The summed E-state index contributed by atoms with van der Waals surface area (Å²) in [4.78, 5) is 25.3. The number of aromatic hydroxyl groups is 1. The average Bonchev–Trinajstić information content (AvgIpc) is 2.67. The van der Waals surface area contributed by atoms with Crippen LogP contribution in [0.4, 0.5) is 0 Å². The summed E-state index contributed by atoms with van der Waals surface area (Å²) < 4.78 is 5.49. The average molecular weight is 332 g/mol. The molecular weight excluding hydrogens is 316 g/mol. The molecule has 0 radical (unpaired) electrons. The monoisotopic (exact) mass is 332 g/mol. The van der Waals surface area contributed by atoms with Crippen LogP contribution in [-0.2, 0) is 4.74 Å². The van der Waals surface area contributed by atoms with Gasteiger partial charge in [-0.2, -0.15) is 0 Å².